The second kappa shape index (κ2) is 4.67. The van der Waals surface area contributed by atoms with Crippen molar-refractivity contribution in [1.29, 1.82) is 0 Å². The molecule has 104 valence electrons. The lowest BCUT2D eigenvalue weighted by molar-refractivity contribution is 0.552. The number of fused-ring (bicyclic) bond motifs is 1. The third-order valence-corrected chi connectivity index (χ3v) is 3.52. The molecule has 0 amide bonds. The van der Waals surface area contributed by atoms with Gasteiger partial charge in [-0.15, -0.1) is 0 Å². The molecule has 0 fully saturated rings. The van der Waals surface area contributed by atoms with Gasteiger partial charge in [0.2, 0.25) is 0 Å². The molecule has 20 heavy (non-hydrogen) atoms. The van der Waals surface area contributed by atoms with Gasteiger partial charge in [-0.2, -0.15) is 0 Å². The fraction of sp³-hybridized carbons (Fsp3) is 0.333. The van der Waals surface area contributed by atoms with Gasteiger partial charge in [0.25, 0.3) is 0 Å². The highest BCUT2D eigenvalue weighted by Crippen LogP contribution is 2.27. The van der Waals surface area contributed by atoms with Crippen LogP contribution in [0.1, 0.15) is 23.6 Å². The number of aliphatic imine (C=N–C) groups is 2. The Hall–Kier alpha value is -2.30. The van der Waals surface area contributed by atoms with Crippen LogP contribution in [0.4, 0.5) is 0 Å². The van der Waals surface area contributed by atoms with Gasteiger partial charge in [-0.3, -0.25) is 0 Å². The minimum atomic E-state index is -0.518. The molecule has 1 unspecified atom stereocenters. The molecule has 0 aliphatic carbocycles. The van der Waals surface area contributed by atoms with Crippen molar-refractivity contribution >= 4 is 12.7 Å². The molecule has 0 saturated heterocycles. The Kier molecular flexibility index (Phi) is 2.97. The lowest BCUT2D eigenvalue weighted by atomic mass is 10.1. The van der Waals surface area contributed by atoms with Crippen LogP contribution < -0.4 is 16.0 Å². The van der Waals surface area contributed by atoms with Crippen LogP contribution in [0.15, 0.2) is 39.7 Å². The topological polar surface area (TPSA) is 60.8 Å². The number of hydrogen-bond acceptors (Lipinski definition) is 5. The molecule has 0 spiro atoms. The first-order chi connectivity index (χ1) is 9.57. The maximum atomic E-state index is 4.36. The van der Waals surface area contributed by atoms with E-state index in [0.29, 0.717) is 0 Å². The summed E-state index contributed by atoms with van der Waals surface area (Å²) < 4.78 is 0. The molecule has 1 aromatic carbocycles. The van der Waals surface area contributed by atoms with Crippen molar-refractivity contribution in [3.8, 4) is 0 Å². The zero-order chi connectivity index (χ0) is 14.2. The summed E-state index contributed by atoms with van der Waals surface area (Å²) in [6.07, 6.45) is 3.38. The monoisotopic (exact) mass is 269 g/mol. The van der Waals surface area contributed by atoms with Gasteiger partial charge in [0.05, 0.1) is 12.7 Å². The van der Waals surface area contributed by atoms with Crippen molar-refractivity contribution in [2.45, 2.75) is 33.0 Å². The van der Waals surface area contributed by atoms with Crippen molar-refractivity contribution in [3.05, 3.63) is 46.4 Å². The third-order valence-electron chi connectivity index (χ3n) is 3.52. The molecule has 3 N–H and O–H groups in total. The maximum absolute atomic E-state index is 4.36. The zero-order valence-electron chi connectivity index (χ0n) is 12.0. The molecule has 5 heteroatoms. The Morgan fingerprint density at radius 2 is 1.70 bits per heavy atom. The van der Waals surface area contributed by atoms with Crippen LogP contribution in [0.5, 0.6) is 0 Å². The summed E-state index contributed by atoms with van der Waals surface area (Å²) in [5, 5.41) is 9.73. The lowest BCUT2D eigenvalue weighted by Gasteiger charge is -2.26. The molecular weight excluding hydrogens is 250 g/mol. The van der Waals surface area contributed by atoms with Crippen LogP contribution in [-0.4, -0.2) is 18.3 Å². The van der Waals surface area contributed by atoms with Gasteiger partial charge < -0.3 is 16.0 Å². The van der Waals surface area contributed by atoms with E-state index in [1.54, 1.807) is 12.7 Å². The molecule has 0 saturated carbocycles. The van der Waals surface area contributed by atoms with E-state index in [9.17, 15) is 0 Å². The maximum Gasteiger partial charge on any atom is 0.194 e. The van der Waals surface area contributed by atoms with Gasteiger partial charge in [-0.05, 0) is 26.3 Å². The van der Waals surface area contributed by atoms with E-state index in [1.165, 1.54) is 16.7 Å². The second-order valence-electron chi connectivity index (χ2n) is 5.43. The van der Waals surface area contributed by atoms with Gasteiger partial charge in [0, 0.05) is 6.54 Å². The van der Waals surface area contributed by atoms with Gasteiger partial charge in [0.15, 0.2) is 5.66 Å². The largest absolute Gasteiger partial charge is 0.366 e. The molecule has 2 aliphatic rings. The number of aryl methyl sites for hydroxylation is 2. The van der Waals surface area contributed by atoms with Crippen LogP contribution in [-0.2, 0) is 6.54 Å². The van der Waals surface area contributed by atoms with Crippen molar-refractivity contribution in [3.63, 3.8) is 0 Å². The average molecular weight is 269 g/mol. The first-order valence-corrected chi connectivity index (χ1v) is 6.73. The molecule has 2 aliphatic heterocycles. The lowest BCUT2D eigenvalue weighted by Crippen LogP contribution is -2.40. The summed E-state index contributed by atoms with van der Waals surface area (Å²) in [5.74, 6) is 0.930. The van der Waals surface area contributed by atoms with E-state index >= 15 is 0 Å². The SMILES string of the molecule is Cc1cc(C)cc(CNC2=C3NC=NC3(C)N=CN2)c1. The normalized spacial score (nSPS) is 23.4. The van der Waals surface area contributed by atoms with Crippen LogP contribution in [0.2, 0.25) is 0 Å². The second-order valence-corrected chi connectivity index (χ2v) is 5.43. The van der Waals surface area contributed by atoms with Crippen molar-refractivity contribution in [2.75, 3.05) is 0 Å². The highest BCUT2D eigenvalue weighted by Gasteiger charge is 2.35. The van der Waals surface area contributed by atoms with Gasteiger partial charge in [0.1, 0.15) is 11.5 Å². The number of benzene rings is 1. The smallest absolute Gasteiger partial charge is 0.194 e. The van der Waals surface area contributed by atoms with Gasteiger partial charge in [-0.1, -0.05) is 29.3 Å². The minimum absolute atomic E-state index is 0.518. The summed E-state index contributed by atoms with van der Waals surface area (Å²) in [6.45, 7) is 6.98. The van der Waals surface area contributed by atoms with E-state index < -0.39 is 5.66 Å². The molecule has 3 rings (SSSR count). The van der Waals surface area contributed by atoms with E-state index in [-0.39, 0.29) is 0 Å². The predicted molar refractivity (Wildman–Crippen MR) is 81.4 cm³/mol. The van der Waals surface area contributed by atoms with E-state index in [4.69, 9.17) is 0 Å². The number of nitrogens with zero attached hydrogens (tertiary/aromatic N) is 2. The average Bonchev–Trinajstić information content (AvgIpc) is 2.77. The highest BCUT2D eigenvalue weighted by atomic mass is 15.3. The molecule has 2 heterocycles. The van der Waals surface area contributed by atoms with Crippen molar-refractivity contribution < 1.29 is 0 Å². The van der Waals surface area contributed by atoms with Crippen molar-refractivity contribution in [1.82, 2.24) is 16.0 Å². The highest BCUT2D eigenvalue weighted by molar-refractivity contribution is 5.70. The summed E-state index contributed by atoms with van der Waals surface area (Å²) in [6, 6.07) is 6.57. The molecule has 1 atom stereocenters. The number of rotatable bonds is 3. The summed E-state index contributed by atoms with van der Waals surface area (Å²) in [4.78, 5) is 8.71. The van der Waals surface area contributed by atoms with E-state index in [2.05, 4.69) is 58.0 Å². The summed E-state index contributed by atoms with van der Waals surface area (Å²) >= 11 is 0. The van der Waals surface area contributed by atoms with Gasteiger partial charge >= 0.3 is 0 Å². The van der Waals surface area contributed by atoms with Crippen molar-refractivity contribution in [2.24, 2.45) is 9.98 Å². The predicted octanol–water partition coefficient (Wildman–Crippen LogP) is 1.54. The first-order valence-electron chi connectivity index (χ1n) is 6.73. The number of hydrogen-bond donors (Lipinski definition) is 3. The number of nitrogens with one attached hydrogen (secondary N) is 3. The van der Waals surface area contributed by atoms with Crippen LogP contribution in [0.3, 0.4) is 0 Å². The fourth-order valence-electron chi connectivity index (χ4n) is 2.63. The Labute approximate surface area is 118 Å². The van der Waals surface area contributed by atoms with Crippen LogP contribution in [0.25, 0.3) is 0 Å². The standard InChI is InChI=1S/C15H19N5/c1-10-4-11(2)6-12(5-10)7-16-14-13-15(3,19-8-17-13)20-9-18-14/h4-6,8-9,16H,7H2,1-3H3,(H,17,19)(H,18,20). The Balaban J connectivity index is 1.77. The Bertz CT molecular complexity index is 609. The molecular formula is C15H19N5. The fourth-order valence-corrected chi connectivity index (χ4v) is 2.63. The summed E-state index contributed by atoms with van der Waals surface area (Å²) in [5.41, 5.74) is 4.27. The van der Waals surface area contributed by atoms with E-state index in [1.807, 2.05) is 6.92 Å². The molecule has 0 bridgehead atoms. The third kappa shape index (κ3) is 2.27. The first kappa shape index (κ1) is 12.7. The molecule has 5 nitrogen and oxygen atoms in total. The molecule has 0 aromatic heterocycles. The Morgan fingerprint density at radius 1 is 1.05 bits per heavy atom. The quantitative estimate of drug-likeness (QED) is 0.780. The van der Waals surface area contributed by atoms with Crippen LogP contribution >= 0.6 is 0 Å². The molecule has 0 radical (unpaired) electrons. The summed E-state index contributed by atoms with van der Waals surface area (Å²) in [7, 11) is 0. The van der Waals surface area contributed by atoms with Gasteiger partial charge in [-0.25, -0.2) is 9.98 Å². The zero-order valence-corrected chi connectivity index (χ0v) is 12.0. The van der Waals surface area contributed by atoms with E-state index in [0.717, 1.165) is 18.1 Å². The minimum Gasteiger partial charge on any atom is -0.366 e. The molecule has 1 aromatic rings. The Morgan fingerprint density at radius 3 is 2.40 bits per heavy atom. The van der Waals surface area contributed by atoms with Crippen LogP contribution in [0, 0.1) is 13.8 Å².